The molecule has 0 saturated carbocycles. The summed E-state index contributed by atoms with van der Waals surface area (Å²) in [6.45, 7) is 6.90. The number of hydrogen-bond acceptors (Lipinski definition) is 5. The van der Waals surface area contributed by atoms with Crippen LogP contribution in [0.5, 0.6) is 0 Å². The van der Waals surface area contributed by atoms with Crippen LogP contribution in [0.1, 0.15) is 33.4 Å². The monoisotopic (exact) mass is 323 g/mol. The lowest BCUT2D eigenvalue weighted by Gasteiger charge is -2.13. The topological polar surface area (TPSA) is 95.1 Å². The Morgan fingerprint density at radius 3 is 2.30 bits per heavy atom. The van der Waals surface area contributed by atoms with Gasteiger partial charge in [-0.2, -0.15) is 5.10 Å². The van der Waals surface area contributed by atoms with Crippen molar-refractivity contribution < 1.29 is 13.3 Å². The standard InChI is InChI=1S/C11H18ClN3O4S/c1-5-20(18,19)7-6-14-10(12)8(15(16)17)9(13-14)11(2,3)4/h5-7H2,1-4H3. The Hall–Kier alpha value is -1.15. The molecule has 0 radical (unpaired) electrons. The number of rotatable bonds is 5. The Labute approximate surface area is 123 Å². The van der Waals surface area contributed by atoms with E-state index in [1.165, 1.54) is 4.68 Å². The minimum absolute atomic E-state index is 0.00588. The molecule has 0 aliphatic carbocycles. The number of aryl methyl sites for hydroxylation is 1. The lowest BCUT2D eigenvalue weighted by atomic mass is 9.91. The van der Waals surface area contributed by atoms with E-state index in [4.69, 9.17) is 11.6 Å². The first-order valence-corrected chi connectivity index (χ1v) is 8.31. The SMILES string of the molecule is CCS(=O)(=O)CCn1nc(C(C)(C)C)c([N+](=O)[O-])c1Cl. The number of aromatic nitrogens is 2. The molecule has 114 valence electrons. The predicted molar refractivity (Wildman–Crippen MR) is 76.9 cm³/mol. The molecular weight excluding hydrogens is 306 g/mol. The van der Waals surface area contributed by atoms with Crippen LogP contribution in [-0.4, -0.2) is 34.6 Å². The van der Waals surface area contributed by atoms with Crippen molar-refractivity contribution in [2.24, 2.45) is 0 Å². The number of nitrogens with zero attached hydrogens (tertiary/aromatic N) is 3. The molecule has 0 fully saturated rings. The fourth-order valence-corrected chi connectivity index (χ4v) is 2.64. The zero-order chi connectivity index (χ0) is 15.7. The van der Waals surface area contributed by atoms with Gasteiger partial charge in [0.05, 0.1) is 17.2 Å². The summed E-state index contributed by atoms with van der Waals surface area (Å²) >= 11 is 5.97. The minimum atomic E-state index is -3.18. The molecule has 0 aliphatic heterocycles. The summed E-state index contributed by atoms with van der Waals surface area (Å²) in [7, 11) is -3.18. The van der Waals surface area contributed by atoms with Gasteiger partial charge in [0.2, 0.25) is 5.15 Å². The smallest absolute Gasteiger partial charge is 0.258 e. The van der Waals surface area contributed by atoms with Crippen molar-refractivity contribution in [1.82, 2.24) is 9.78 Å². The van der Waals surface area contributed by atoms with Crippen molar-refractivity contribution >= 4 is 27.1 Å². The van der Waals surface area contributed by atoms with Gasteiger partial charge in [-0.15, -0.1) is 0 Å². The predicted octanol–water partition coefficient (Wildman–Crippen LogP) is 2.18. The number of sulfone groups is 1. The summed E-state index contributed by atoms with van der Waals surface area (Å²) in [4.78, 5) is 10.5. The minimum Gasteiger partial charge on any atom is -0.258 e. The molecule has 0 unspecified atom stereocenters. The van der Waals surface area contributed by atoms with Crippen LogP contribution in [0.4, 0.5) is 5.69 Å². The maximum absolute atomic E-state index is 11.5. The van der Waals surface area contributed by atoms with E-state index in [-0.39, 0.29) is 34.6 Å². The molecule has 0 amide bonds. The average molecular weight is 324 g/mol. The molecule has 1 heterocycles. The molecule has 0 aliphatic rings. The second-order valence-electron chi connectivity index (χ2n) is 5.45. The molecule has 7 nitrogen and oxygen atoms in total. The first kappa shape index (κ1) is 16.9. The normalized spacial score (nSPS) is 12.7. The lowest BCUT2D eigenvalue weighted by molar-refractivity contribution is -0.385. The van der Waals surface area contributed by atoms with Crippen molar-refractivity contribution in [2.75, 3.05) is 11.5 Å². The van der Waals surface area contributed by atoms with Crippen LogP contribution in [0.3, 0.4) is 0 Å². The highest BCUT2D eigenvalue weighted by atomic mass is 35.5. The van der Waals surface area contributed by atoms with E-state index in [1.54, 1.807) is 27.7 Å². The third kappa shape index (κ3) is 3.69. The van der Waals surface area contributed by atoms with Crippen LogP contribution < -0.4 is 0 Å². The molecule has 9 heteroatoms. The molecule has 1 aromatic heterocycles. The van der Waals surface area contributed by atoms with Gasteiger partial charge >= 0.3 is 5.69 Å². The molecule has 1 rings (SSSR count). The van der Waals surface area contributed by atoms with Crippen molar-refractivity contribution in [3.8, 4) is 0 Å². The van der Waals surface area contributed by atoms with Crippen LogP contribution in [0.2, 0.25) is 5.15 Å². The second kappa shape index (κ2) is 5.69. The van der Waals surface area contributed by atoms with Gasteiger partial charge in [0.25, 0.3) is 0 Å². The Morgan fingerprint density at radius 1 is 1.40 bits per heavy atom. The summed E-state index contributed by atoms with van der Waals surface area (Å²) < 4.78 is 24.2. The van der Waals surface area contributed by atoms with Gasteiger partial charge in [0, 0.05) is 11.2 Å². The van der Waals surface area contributed by atoms with Crippen LogP contribution in [0.15, 0.2) is 0 Å². The molecule has 1 aromatic rings. The Morgan fingerprint density at radius 2 is 1.95 bits per heavy atom. The molecule has 0 atom stereocenters. The zero-order valence-electron chi connectivity index (χ0n) is 11.9. The first-order valence-electron chi connectivity index (χ1n) is 6.11. The van der Waals surface area contributed by atoms with E-state index in [9.17, 15) is 18.5 Å². The maximum Gasteiger partial charge on any atom is 0.329 e. The molecule has 0 N–H and O–H groups in total. The molecule has 0 spiro atoms. The second-order valence-corrected chi connectivity index (χ2v) is 8.29. The number of halogens is 1. The zero-order valence-corrected chi connectivity index (χ0v) is 13.5. The van der Waals surface area contributed by atoms with Gasteiger partial charge in [-0.05, 0) is 0 Å². The van der Waals surface area contributed by atoms with Crippen LogP contribution >= 0.6 is 11.6 Å². The lowest BCUT2D eigenvalue weighted by Crippen LogP contribution is -2.17. The van der Waals surface area contributed by atoms with Gasteiger partial charge in [-0.25, -0.2) is 13.1 Å². The highest BCUT2D eigenvalue weighted by Crippen LogP contribution is 2.35. The molecule has 0 bridgehead atoms. The average Bonchev–Trinajstić information content (AvgIpc) is 2.64. The van der Waals surface area contributed by atoms with E-state index in [0.717, 1.165) is 0 Å². The largest absolute Gasteiger partial charge is 0.329 e. The molecule has 0 aromatic carbocycles. The van der Waals surface area contributed by atoms with E-state index >= 15 is 0 Å². The fourth-order valence-electron chi connectivity index (χ4n) is 1.62. The van der Waals surface area contributed by atoms with E-state index < -0.39 is 20.2 Å². The Bertz CT molecular complexity index is 616. The highest BCUT2D eigenvalue weighted by Gasteiger charge is 2.34. The fraction of sp³-hybridized carbons (Fsp3) is 0.727. The van der Waals surface area contributed by atoms with Gasteiger partial charge in [-0.1, -0.05) is 39.3 Å². The maximum atomic E-state index is 11.5. The number of nitro groups is 1. The molecular formula is C11H18ClN3O4S. The third-order valence-corrected chi connectivity index (χ3v) is 4.87. The van der Waals surface area contributed by atoms with E-state index in [1.807, 2.05) is 0 Å². The van der Waals surface area contributed by atoms with Crippen molar-refractivity contribution in [2.45, 2.75) is 39.7 Å². The van der Waals surface area contributed by atoms with E-state index in [0.29, 0.717) is 0 Å². The Kier molecular flexibility index (Phi) is 4.81. The van der Waals surface area contributed by atoms with Gasteiger partial charge in [0.15, 0.2) is 9.84 Å². The highest BCUT2D eigenvalue weighted by molar-refractivity contribution is 7.91. The third-order valence-electron chi connectivity index (χ3n) is 2.81. The van der Waals surface area contributed by atoms with Crippen molar-refractivity contribution in [3.63, 3.8) is 0 Å². The van der Waals surface area contributed by atoms with E-state index in [2.05, 4.69) is 5.10 Å². The van der Waals surface area contributed by atoms with Crippen molar-refractivity contribution in [1.29, 1.82) is 0 Å². The first-order chi connectivity index (χ1) is 8.99. The quantitative estimate of drug-likeness (QED) is 0.611. The van der Waals surface area contributed by atoms with Gasteiger partial charge in [0.1, 0.15) is 5.69 Å². The van der Waals surface area contributed by atoms with Gasteiger partial charge in [-0.3, -0.25) is 10.1 Å². The van der Waals surface area contributed by atoms with Crippen LogP contribution in [0, 0.1) is 10.1 Å². The summed E-state index contributed by atoms with van der Waals surface area (Å²) in [5.41, 5.74) is -0.560. The summed E-state index contributed by atoms with van der Waals surface area (Å²) in [5, 5.41) is 15.1. The summed E-state index contributed by atoms with van der Waals surface area (Å²) in [5.74, 6) is -0.133. The van der Waals surface area contributed by atoms with Crippen molar-refractivity contribution in [3.05, 3.63) is 21.0 Å². The molecule has 20 heavy (non-hydrogen) atoms. The molecule has 0 saturated heterocycles. The van der Waals surface area contributed by atoms with Crippen LogP contribution in [0.25, 0.3) is 0 Å². The summed E-state index contributed by atoms with van der Waals surface area (Å²) in [6.07, 6.45) is 0. The summed E-state index contributed by atoms with van der Waals surface area (Å²) in [6, 6.07) is 0. The number of hydrogen-bond donors (Lipinski definition) is 0. The van der Waals surface area contributed by atoms with Gasteiger partial charge < -0.3 is 0 Å². The van der Waals surface area contributed by atoms with Crippen LogP contribution in [-0.2, 0) is 21.8 Å². The Balaban J connectivity index is 3.21.